The molecule has 2 nitrogen and oxygen atoms in total. The van der Waals surface area contributed by atoms with E-state index >= 15 is 0 Å². The average Bonchev–Trinajstić information content (AvgIpc) is 2.69. The van der Waals surface area contributed by atoms with Crippen LogP contribution in [0.5, 0.6) is 5.75 Å². The summed E-state index contributed by atoms with van der Waals surface area (Å²) in [6, 6.07) is 28.2. The maximum absolute atomic E-state index is 6.44. The molecule has 0 N–H and O–H groups in total. The molecule has 0 aliphatic carbocycles. The highest BCUT2D eigenvalue weighted by Crippen LogP contribution is 2.55. The van der Waals surface area contributed by atoms with E-state index < -0.39 is 5.47 Å². The zero-order valence-corrected chi connectivity index (χ0v) is 17.1. The second-order valence-corrected chi connectivity index (χ2v) is 11.7. The summed E-state index contributed by atoms with van der Waals surface area (Å²) in [7, 11) is 1.65. The van der Waals surface area contributed by atoms with Gasteiger partial charge in [-0.05, 0) is 35.4 Å². The monoisotopic (exact) mass is 400 g/mol. The summed E-state index contributed by atoms with van der Waals surface area (Å²) in [5, 5.41) is 0.922. The average molecular weight is 401 g/mol. The minimum atomic E-state index is -2.46. The third-order valence-corrected chi connectivity index (χ3v) is 7.46. The molecule has 26 heavy (non-hydrogen) atoms. The molecule has 0 bridgehead atoms. The number of methoxy groups -OCH3 is 1. The zero-order chi connectivity index (χ0) is 18.4. The van der Waals surface area contributed by atoms with E-state index in [-0.39, 0.29) is 6.10 Å². The fourth-order valence-corrected chi connectivity index (χ4v) is 5.32. The molecule has 2 unspecified atom stereocenters. The number of rotatable bonds is 7. The number of benzene rings is 3. The Bertz CT molecular complexity index is 868. The Morgan fingerprint density at radius 3 is 2.04 bits per heavy atom. The summed E-state index contributed by atoms with van der Waals surface area (Å²) >= 11 is 10.6. The summed E-state index contributed by atoms with van der Waals surface area (Å²) in [5.41, 5.74) is -0.149. The topological polar surface area (TPSA) is 18.5 Å². The standard InChI is InChI=1S/C21H21O2PS2/c1-22-19-12-14-20(15-13-19)24(25,26)23-21(18-10-6-3-7-11-18)16-17-8-4-2-5-9-17/h2-15,21H,16H2,1H3,(H,25,26). The molecule has 3 aromatic carbocycles. The molecular formula is C21H21O2PS2. The van der Waals surface area contributed by atoms with Crippen molar-refractivity contribution in [3.8, 4) is 5.75 Å². The Balaban J connectivity index is 1.87. The lowest BCUT2D eigenvalue weighted by Crippen LogP contribution is -2.10. The molecule has 0 aromatic heterocycles. The minimum Gasteiger partial charge on any atom is -0.497 e. The van der Waals surface area contributed by atoms with Gasteiger partial charge in [-0.2, -0.15) is 0 Å². The lowest BCUT2D eigenvalue weighted by Gasteiger charge is -2.25. The van der Waals surface area contributed by atoms with Gasteiger partial charge in [0.25, 0.3) is 0 Å². The van der Waals surface area contributed by atoms with Gasteiger partial charge in [-0.15, -0.1) is 12.2 Å². The smallest absolute Gasteiger partial charge is 0.146 e. The van der Waals surface area contributed by atoms with Crippen molar-refractivity contribution < 1.29 is 9.26 Å². The molecule has 0 saturated heterocycles. The van der Waals surface area contributed by atoms with Crippen molar-refractivity contribution >= 4 is 34.8 Å². The summed E-state index contributed by atoms with van der Waals surface area (Å²) in [6.45, 7) is 0. The minimum absolute atomic E-state index is 0.149. The van der Waals surface area contributed by atoms with E-state index in [2.05, 4.69) is 24.3 Å². The predicted molar refractivity (Wildman–Crippen MR) is 116 cm³/mol. The van der Waals surface area contributed by atoms with Crippen LogP contribution < -0.4 is 10.0 Å². The highest BCUT2D eigenvalue weighted by molar-refractivity contribution is 8.64. The van der Waals surface area contributed by atoms with Crippen molar-refractivity contribution in [1.82, 2.24) is 0 Å². The fourth-order valence-electron chi connectivity index (χ4n) is 2.72. The van der Waals surface area contributed by atoms with Gasteiger partial charge >= 0.3 is 0 Å². The number of thiol groups is 1. The van der Waals surface area contributed by atoms with E-state index in [1.807, 2.05) is 60.7 Å². The third-order valence-electron chi connectivity index (χ3n) is 4.10. The van der Waals surface area contributed by atoms with Crippen molar-refractivity contribution in [1.29, 1.82) is 0 Å². The lowest BCUT2D eigenvalue weighted by molar-refractivity contribution is 0.239. The van der Waals surface area contributed by atoms with Gasteiger partial charge in [0.15, 0.2) is 0 Å². The van der Waals surface area contributed by atoms with Gasteiger partial charge in [-0.3, -0.25) is 0 Å². The fraction of sp³-hybridized carbons (Fsp3) is 0.143. The second-order valence-electron chi connectivity index (χ2n) is 5.91. The van der Waals surface area contributed by atoms with Crippen molar-refractivity contribution in [2.75, 3.05) is 7.11 Å². The Morgan fingerprint density at radius 2 is 1.46 bits per heavy atom. The van der Waals surface area contributed by atoms with Gasteiger partial charge in [0.2, 0.25) is 0 Å². The quantitative estimate of drug-likeness (QED) is 0.414. The summed E-state index contributed by atoms with van der Waals surface area (Å²) < 4.78 is 11.7. The zero-order valence-electron chi connectivity index (χ0n) is 14.5. The van der Waals surface area contributed by atoms with Crippen LogP contribution in [-0.2, 0) is 22.8 Å². The van der Waals surface area contributed by atoms with Gasteiger partial charge < -0.3 is 9.26 Å². The van der Waals surface area contributed by atoms with Crippen molar-refractivity contribution in [3.05, 3.63) is 96.1 Å². The maximum atomic E-state index is 6.44. The Labute approximate surface area is 165 Å². The van der Waals surface area contributed by atoms with Crippen LogP contribution >= 0.6 is 17.7 Å². The van der Waals surface area contributed by atoms with Gasteiger partial charge in [0.05, 0.1) is 13.2 Å². The lowest BCUT2D eigenvalue weighted by atomic mass is 10.0. The Kier molecular flexibility index (Phi) is 6.55. The molecule has 0 fully saturated rings. The van der Waals surface area contributed by atoms with E-state index in [9.17, 15) is 0 Å². The Hall–Kier alpha value is -1.58. The van der Waals surface area contributed by atoms with Crippen molar-refractivity contribution in [2.24, 2.45) is 0 Å². The van der Waals surface area contributed by atoms with Crippen LogP contribution in [0.2, 0.25) is 0 Å². The molecular weight excluding hydrogens is 379 g/mol. The molecule has 134 valence electrons. The highest BCUT2D eigenvalue weighted by atomic mass is 32.9. The molecule has 0 radical (unpaired) electrons. The first-order valence-corrected chi connectivity index (χ1v) is 12.2. The predicted octanol–water partition coefficient (Wildman–Crippen LogP) is 5.56. The van der Waals surface area contributed by atoms with E-state index in [0.717, 1.165) is 23.0 Å². The Morgan fingerprint density at radius 1 is 0.885 bits per heavy atom. The van der Waals surface area contributed by atoms with E-state index in [4.69, 9.17) is 33.3 Å². The second kappa shape index (κ2) is 8.88. The molecule has 0 saturated carbocycles. The number of hydrogen-bond acceptors (Lipinski definition) is 3. The van der Waals surface area contributed by atoms with E-state index in [1.54, 1.807) is 7.11 Å². The van der Waals surface area contributed by atoms with Gasteiger partial charge in [-0.25, -0.2) is 0 Å². The molecule has 3 rings (SSSR count). The summed E-state index contributed by atoms with van der Waals surface area (Å²) in [4.78, 5) is 0. The first-order valence-electron chi connectivity index (χ1n) is 8.33. The van der Waals surface area contributed by atoms with Gasteiger partial charge in [0, 0.05) is 11.7 Å². The molecule has 0 aliphatic rings. The van der Waals surface area contributed by atoms with E-state index in [1.165, 1.54) is 5.56 Å². The van der Waals surface area contributed by atoms with Crippen molar-refractivity contribution in [3.63, 3.8) is 0 Å². The highest BCUT2D eigenvalue weighted by Gasteiger charge is 2.23. The molecule has 5 heteroatoms. The van der Waals surface area contributed by atoms with Crippen LogP contribution in [0, 0.1) is 0 Å². The van der Waals surface area contributed by atoms with Crippen LogP contribution in [0.25, 0.3) is 0 Å². The normalized spacial score (nSPS) is 14.4. The largest absolute Gasteiger partial charge is 0.497 e. The molecule has 0 amide bonds. The number of ether oxygens (including phenoxy) is 1. The van der Waals surface area contributed by atoms with Crippen LogP contribution in [0.3, 0.4) is 0 Å². The van der Waals surface area contributed by atoms with Crippen LogP contribution in [0.15, 0.2) is 84.9 Å². The first-order chi connectivity index (χ1) is 12.6. The number of hydrogen-bond donors (Lipinski definition) is 1. The van der Waals surface area contributed by atoms with Gasteiger partial charge in [0.1, 0.15) is 11.2 Å². The van der Waals surface area contributed by atoms with Crippen LogP contribution in [0.1, 0.15) is 17.2 Å². The van der Waals surface area contributed by atoms with Crippen LogP contribution in [-0.4, -0.2) is 7.11 Å². The molecule has 2 atom stereocenters. The SMILES string of the molecule is COc1ccc(P(=S)(S)OC(Cc2ccccc2)c2ccccc2)cc1. The maximum Gasteiger partial charge on any atom is 0.146 e. The van der Waals surface area contributed by atoms with Crippen molar-refractivity contribution in [2.45, 2.75) is 12.5 Å². The van der Waals surface area contributed by atoms with Crippen LogP contribution in [0.4, 0.5) is 0 Å². The first kappa shape index (κ1) is 19.2. The van der Waals surface area contributed by atoms with E-state index in [0.29, 0.717) is 0 Å². The molecule has 0 spiro atoms. The summed E-state index contributed by atoms with van der Waals surface area (Å²) in [6.07, 6.45) is 0.601. The molecule has 0 heterocycles. The van der Waals surface area contributed by atoms with Gasteiger partial charge in [-0.1, -0.05) is 72.5 Å². The summed E-state index contributed by atoms with van der Waals surface area (Å²) in [5.74, 6) is 0.793. The molecule has 3 aromatic rings. The third kappa shape index (κ3) is 4.99. The molecule has 0 aliphatic heterocycles.